The molecule has 4 rings (SSSR count). The molecule has 30 heavy (non-hydrogen) atoms. The van der Waals surface area contributed by atoms with Crippen molar-refractivity contribution in [3.63, 3.8) is 0 Å². The van der Waals surface area contributed by atoms with Crippen LogP contribution in [0, 0.1) is 17.0 Å². The molecule has 0 saturated heterocycles. The maximum Gasteiger partial charge on any atom is 0.277 e. The van der Waals surface area contributed by atoms with E-state index >= 15 is 0 Å². The van der Waals surface area contributed by atoms with Crippen LogP contribution in [0.3, 0.4) is 0 Å². The van der Waals surface area contributed by atoms with Crippen LogP contribution in [0.4, 0.5) is 11.4 Å². The molecule has 0 bridgehead atoms. The van der Waals surface area contributed by atoms with E-state index in [4.69, 9.17) is 4.42 Å². The number of carbonyl (C=O) groups excluding carboxylic acids is 1. The first kappa shape index (κ1) is 19.6. The normalized spacial score (nSPS) is 10.8. The Morgan fingerprint density at radius 3 is 2.73 bits per heavy atom. The average molecular weight is 420 g/mol. The van der Waals surface area contributed by atoms with E-state index in [1.807, 2.05) is 42.5 Å². The van der Waals surface area contributed by atoms with Crippen molar-refractivity contribution in [2.75, 3.05) is 11.1 Å². The van der Waals surface area contributed by atoms with Crippen LogP contribution in [0.2, 0.25) is 0 Å². The van der Waals surface area contributed by atoms with Gasteiger partial charge in [-0.05, 0) is 35.4 Å². The second-order valence-electron chi connectivity index (χ2n) is 6.49. The Morgan fingerprint density at radius 1 is 1.13 bits per heavy atom. The Balaban J connectivity index is 1.42. The molecule has 1 amide bonds. The summed E-state index contributed by atoms with van der Waals surface area (Å²) in [6, 6.07) is 18.0. The van der Waals surface area contributed by atoms with Gasteiger partial charge in [-0.3, -0.25) is 14.9 Å². The quantitative estimate of drug-likeness (QED) is 0.270. The number of aromatic nitrogens is 2. The Bertz CT molecular complexity index is 1250. The minimum atomic E-state index is -0.475. The molecule has 0 unspecified atom stereocenters. The smallest absolute Gasteiger partial charge is 0.277 e. The number of carbonyl (C=O) groups is 1. The highest BCUT2D eigenvalue weighted by Crippen LogP contribution is 2.29. The van der Waals surface area contributed by atoms with Crippen molar-refractivity contribution in [3.05, 3.63) is 76.3 Å². The number of aryl methyl sites for hydroxylation is 1. The van der Waals surface area contributed by atoms with Crippen LogP contribution >= 0.6 is 11.8 Å². The summed E-state index contributed by atoms with van der Waals surface area (Å²) in [5, 5.41) is 24.0. The molecule has 8 nitrogen and oxygen atoms in total. The second-order valence-corrected chi connectivity index (χ2v) is 7.42. The zero-order chi connectivity index (χ0) is 21.1. The maximum atomic E-state index is 12.3. The van der Waals surface area contributed by atoms with E-state index in [9.17, 15) is 14.9 Å². The van der Waals surface area contributed by atoms with Crippen molar-refractivity contribution >= 4 is 39.8 Å². The molecule has 0 atom stereocenters. The highest BCUT2D eigenvalue weighted by atomic mass is 32.2. The van der Waals surface area contributed by atoms with E-state index in [0.717, 1.165) is 28.1 Å². The summed E-state index contributed by atoms with van der Waals surface area (Å²) in [6.45, 7) is 1.70. The summed E-state index contributed by atoms with van der Waals surface area (Å²) < 4.78 is 5.73. The van der Waals surface area contributed by atoms with E-state index in [2.05, 4.69) is 15.5 Å². The summed E-state index contributed by atoms with van der Waals surface area (Å²) in [6.07, 6.45) is 0. The highest BCUT2D eigenvalue weighted by Gasteiger charge is 2.14. The first-order chi connectivity index (χ1) is 14.5. The lowest BCUT2D eigenvalue weighted by molar-refractivity contribution is -0.384. The molecule has 1 heterocycles. The van der Waals surface area contributed by atoms with Gasteiger partial charge in [0.25, 0.3) is 10.9 Å². The monoisotopic (exact) mass is 420 g/mol. The number of hydrogen-bond acceptors (Lipinski definition) is 7. The van der Waals surface area contributed by atoms with Crippen molar-refractivity contribution in [3.8, 4) is 11.5 Å². The summed E-state index contributed by atoms with van der Waals surface area (Å²) >= 11 is 1.12. The third kappa shape index (κ3) is 4.15. The molecule has 0 aliphatic rings. The number of thioether (sulfide) groups is 1. The van der Waals surface area contributed by atoms with E-state index in [-0.39, 0.29) is 22.6 Å². The van der Waals surface area contributed by atoms with Crippen LogP contribution in [0.25, 0.3) is 22.2 Å². The van der Waals surface area contributed by atoms with Gasteiger partial charge in [-0.1, -0.05) is 48.2 Å². The molecule has 3 aromatic carbocycles. The molecular weight excluding hydrogens is 404 g/mol. The summed E-state index contributed by atoms with van der Waals surface area (Å²) in [7, 11) is 0. The third-order valence-electron chi connectivity index (χ3n) is 4.45. The van der Waals surface area contributed by atoms with E-state index in [0.29, 0.717) is 17.1 Å². The molecule has 0 radical (unpaired) electrons. The van der Waals surface area contributed by atoms with Crippen molar-refractivity contribution in [2.45, 2.75) is 12.1 Å². The number of nitro groups is 1. The van der Waals surface area contributed by atoms with Crippen LogP contribution in [0.1, 0.15) is 5.56 Å². The third-order valence-corrected chi connectivity index (χ3v) is 5.27. The molecule has 0 spiro atoms. The molecule has 9 heteroatoms. The van der Waals surface area contributed by atoms with Gasteiger partial charge in [0, 0.05) is 23.4 Å². The van der Waals surface area contributed by atoms with Gasteiger partial charge >= 0.3 is 0 Å². The molecule has 1 N–H and O–H groups in total. The minimum Gasteiger partial charge on any atom is -0.411 e. The number of amides is 1. The molecular formula is C21H16N4O4S. The van der Waals surface area contributed by atoms with Crippen molar-refractivity contribution in [2.24, 2.45) is 0 Å². The maximum absolute atomic E-state index is 12.3. The van der Waals surface area contributed by atoms with Crippen molar-refractivity contribution < 1.29 is 14.1 Å². The van der Waals surface area contributed by atoms with Gasteiger partial charge in [0.1, 0.15) is 0 Å². The van der Waals surface area contributed by atoms with Gasteiger partial charge in [0.2, 0.25) is 11.8 Å². The van der Waals surface area contributed by atoms with Gasteiger partial charge in [-0.25, -0.2) is 0 Å². The van der Waals surface area contributed by atoms with Gasteiger partial charge in [-0.15, -0.1) is 10.2 Å². The van der Waals surface area contributed by atoms with E-state index in [1.54, 1.807) is 6.92 Å². The fraction of sp³-hybridized carbons (Fsp3) is 0.0952. The van der Waals surface area contributed by atoms with Crippen LogP contribution in [-0.2, 0) is 4.79 Å². The Hall–Kier alpha value is -3.72. The van der Waals surface area contributed by atoms with Crippen LogP contribution in [0.5, 0.6) is 0 Å². The fourth-order valence-electron chi connectivity index (χ4n) is 3.00. The first-order valence-corrected chi connectivity index (χ1v) is 9.99. The predicted molar refractivity (Wildman–Crippen MR) is 114 cm³/mol. The average Bonchev–Trinajstić information content (AvgIpc) is 3.22. The van der Waals surface area contributed by atoms with Gasteiger partial charge in [-0.2, -0.15) is 0 Å². The molecule has 0 fully saturated rings. The lowest BCUT2D eigenvalue weighted by Crippen LogP contribution is -2.14. The lowest BCUT2D eigenvalue weighted by Gasteiger charge is -2.07. The number of fused-ring (bicyclic) bond motifs is 1. The van der Waals surface area contributed by atoms with Gasteiger partial charge in [0.15, 0.2) is 0 Å². The zero-order valence-corrected chi connectivity index (χ0v) is 16.7. The first-order valence-electron chi connectivity index (χ1n) is 9.00. The Morgan fingerprint density at radius 2 is 1.93 bits per heavy atom. The number of nitro benzene ring substituents is 1. The number of non-ortho nitro benzene ring substituents is 1. The van der Waals surface area contributed by atoms with Crippen molar-refractivity contribution in [1.29, 1.82) is 0 Å². The number of rotatable bonds is 6. The van der Waals surface area contributed by atoms with Gasteiger partial charge in [0.05, 0.1) is 10.7 Å². The highest BCUT2D eigenvalue weighted by molar-refractivity contribution is 7.99. The number of nitrogens with zero attached hydrogens (tertiary/aromatic N) is 3. The molecule has 4 aromatic rings. The van der Waals surface area contributed by atoms with Crippen molar-refractivity contribution in [1.82, 2.24) is 10.2 Å². The standard InChI is InChI=1S/C21H16N4O4S/c1-13-11-15(25(27)28)9-10-18(13)22-19(26)12-30-21-24-23-20(29-21)17-8-4-6-14-5-2-3-7-16(14)17/h2-11H,12H2,1H3,(H,22,26). The number of anilines is 1. The molecule has 150 valence electrons. The van der Waals surface area contributed by atoms with E-state index < -0.39 is 4.92 Å². The summed E-state index contributed by atoms with van der Waals surface area (Å²) in [5.41, 5.74) is 1.94. The number of hydrogen-bond donors (Lipinski definition) is 1. The topological polar surface area (TPSA) is 111 Å². The minimum absolute atomic E-state index is 0.0216. The lowest BCUT2D eigenvalue weighted by atomic mass is 10.0. The molecule has 0 aliphatic heterocycles. The molecule has 1 aromatic heterocycles. The molecule has 0 saturated carbocycles. The molecule has 0 aliphatic carbocycles. The number of benzene rings is 3. The Kier molecular flexibility index (Phi) is 5.44. The second kappa shape index (κ2) is 8.34. The van der Waals surface area contributed by atoms with Gasteiger partial charge < -0.3 is 9.73 Å². The largest absolute Gasteiger partial charge is 0.411 e. The van der Waals surface area contributed by atoms with Crippen LogP contribution in [-0.4, -0.2) is 26.8 Å². The number of nitrogens with one attached hydrogen (secondary N) is 1. The van der Waals surface area contributed by atoms with E-state index in [1.165, 1.54) is 18.2 Å². The van der Waals surface area contributed by atoms with Crippen LogP contribution < -0.4 is 5.32 Å². The predicted octanol–water partition coefficient (Wildman–Crippen LogP) is 4.84. The fourth-order valence-corrected chi connectivity index (χ4v) is 3.57. The summed E-state index contributed by atoms with van der Waals surface area (Å²) in [4.78, 5) is 22.6. The Labute approximate surface area is 175 Å². The zero-order valence-electron chi connectivity index (χ0n) is 15.9. The summed E-state index contributed by atoms with van der Waals surface area (Å²) in [5.74, 6) is 0.177. The van der Waals surface area contributed by atoms with Crippen LogP contribution in [0.15, 0.2) is 70.3 Å². The SMILES string of the molecule is Cc1cc([N+](=O)[O-])ccc1NC(=O)CSc1nnc(-c2cccc3ccccc23)o1.